The highest BCUT2D eigenvalue weighted by Gasteiger charge is 1.99. The Bertz CT molecular complexity index is 627. The minimum Gasteiger partial charge on any atom is -0.489 e. The van der Waals surface area contributed by atoms with E-state index in [1.807, 2.05) is 30.3 Å². The Morgan fingerprint density at radius 1 is 1.10 bits per heavy atom. The fourth-order valence-electron chi connectivity index (χ4n) is 1.58. The first kappa shape index (κ1) is 14.2. The fraction of sp³-hybridized carbons (Fsp3) is 0.0625. The van der Waals surface area contributed by atoms with Gasteiger partial charge in [0.25, 0.3) is 0 Å². The van der Waals surface area contributed by atoms with Crippen molar-refractivity contribution in [3.05, 3.63) is 60.2 Å². The molecule has 0 heterocycles. The molecule has 0 aliphatic rings. The second kappa shape index (κ2) is 7.37. The molecule has 3 nitrogen and oxygen atoms in total. The van der Waals surface area contributed by atoms with E-state index in [0.29, 0.717) is 12.3 Å². The van der Waals surface area contributed by atoms with E-state index in [2.05, 4.69) is 32.0 Å². The van der Waals surface area contributed by atoms with E-state index in [1.54, 1.807) is 24.3 Å². The second-order valence-corrected chi connectivity index (χ2v) is 4.37. The Labute approximate surface area is 126 Å². The Morgan fingerprint density at radius 3 is 2.45 bits per heavy atom. The van der Waals surface area contributed by atoms with Crippen molar-refractivity contribution in [2.45, 2.75) is 6.61 Å². The maximum atomic E-state index is 11.3. The van der Waals surface area contributed by atoms with Gasteiger partial charge >= 0.3 is 5.91 Å². The highest BCUT2D eigenvalue weighted by atomic mass is 79.9. The lowest BCUT2D eigenvalue weighted by molar-refractivity contribution is -0.111. The molecular formula is C16H12BrNO2. The minimum absolute atomic E-state index is 0.361. The van der Waals surface area contributed by atoms with Crippen molar-refractivity contribution >= 4 is 27.5 Å². The molecule has 2 rings (SSSR count). The van der Waals surface area contributed by atoms with Gasteiger partial charge in [-0.3, -0.25) is 4.79 Å². The van der Waals surface area contributed by atoms with Crippen molar-refractivity contribution in [2.75, 3.05) is 5.32 Å². The molecule has 2 aromatic rings. The molecule has 0 aliphatic carbocycles. The number of halogens is 1. The Morgan fingerprint density at radius 2 is 1.80 bits per heavy atom. The molecule has 0 spiro atoms. The summed E-state index contributed by atoms with van der Waals surface area (Å²) in [6.45, 7) is 0.515. The number of rotatable bonds is 4. The average Bonchev–Trinajstić information content (AvgIpc) is 2.48. The van der Waals surface area contributed by atoms with E-state index in [4.69, 9.17) is 4.74 Å². The monoisotopic (exact) mass is 329 g/mol. The van der Waals surface area contributed by atoms with Crippen molar-refractivity contribution in [1.82, 2.24) is 0 Å². The Hall–Kier alpha value is -2.25. The fourth-order valence-corrected chi connectivity index (χ4v) is 1.76. The largest absolute Gasteiger partial charge is 0.489 e. The number of anilines is 1. The molecule has 0 radical (unpaired) electrons. The molecular weight excluding hydrogens is 318 g/mol. The summed E-state index contributed by atoms with van der Waals surface area (Å²) in [5, 5.41) is 2.65. The van der Waals surface area contributed by atoms with Crippen molar-refractivity contribution in [1.29, 1.82) is 0 Å². The number of ether oxygens (including phenoxy) is 1. The van der Waals surface area contributed by atoms with Crippen LogP contribution in [0.3, 0.4) is 0 Å². The van der Waals surface area contributed by atoms with Gasteiger partial charge in [-0.2, -0.15) is 0 Å². The number of carbonyl (C=O) groups is 1. The van der Waals surface area contributed by atoms with Gasteiger partial charge < -0.3 is 10.1 Å². The molecule has 0 atom stereocenters. The predicted octanol–water partition coefficient (Wildman–Crippen LogP) is 3.56. The zero-order chi connectivity index (χ0) is 14.2. The molecule has 0 bridgehead atoms. The van der Waals surface area contributed by atoms with Crippen LogP contribution in [-0.4, -0.2) is 5.91 Å². The first-order valence-electron chi connectivity index (χ1n) is 5.97. The molecule has 0 fully saturated rings. The second-order valence-electron chi connectivity index (χ2n) is 3.97. The summed E-state index contributed by atoms with van der Waals surface area (Å²) >= 11 is 2.88. The van der Waals surface area contributed by atoms with Gasteiger partial charge in [-0.15, -0.1) is 0 Å². The van der Waals surface area contributed by atoms with Gasteiger partial charge in [-0.05, 0) is 34.7 Å². The maximum Gasteiger partial charge on any atom is 0.301 e. The standard InChI is InChI=1S/C16H12BrNO2/c17-11-10-16(19)18-14-6-8-15(9-7-14)20-12-13-4-2-1-3-5-13/h1-9H,12H2,(H,18,19). The predicted molar refractivity (Wildman–Crippen MR) is 82.5 cm³/mol. The number of amides is 1. The summed E-state index contributed by atoms with van der Waals surface area (Å²) in [5.74, 6) is 2.73. The van der Waals surface area contributed by atoms with Crippen LogP contribution in [0, 0.1) is 10.8 Å². The van der Waals surface area contributed by atoms with Gasteiger partial charge in [0, 0.05) is 27.5 Å². The molecule has 4 heteroatoms. The molecule has 0 aromatic heterocycles. The number of hydrogen-bond acceptors (Lipinski definition) is 2. The summed E-state index contributed by atoms with van der Waals surface area (Å²) in [7, 11) is 0. The van der Waals surface area contributed by atoms with Crippen LogP contribution in [0.1, 0.15) is 5.56 Å². The van der Waals surface area contributed by atoms with E-state index in [9.17, 15) is 4.79 Å². The quantitative estimate of drug-likeness (QED) is 0.871. The molecule has 1 amide bonds. The smallest absolute Gasteiger partial charge is 0.301 e. The lowest BCUT2D eigenvalue weighted by atomic mass is 10.2. The molecule has 20 heavy (non-hydrogen) atoms. The number of hydrogen-bond donors (Lipinski definition) is 1. The summed E-state index contributed by atoms with van der Waals surface area (Å²) in [5.41, 5.74) is 1.79. The van der Waals surface area contributed by atoms with Crippen molar-refractivity contribution in [3.8, 4) is 16.5 Å². The zero-order valence-electron chi connectivity index (χ0n) is 10.6. The normalized spacial score (nSPS) is 9.25. The summed E-state index contributed by atoms with van der Waals surface area (Å²) < 4.78 is 5.65. The first-order valence-corrected chi connectivity index (χ1v) is 6.76. The third-order valence-corrected chi connectivity index (χ3v) is 2.72. The van der Waals surface area contributed by atoms with Gasteiger partial charge in [-0.25, -0.2) is 0 Å². The highest BCUT2D eigenvalue weighted by Crippen LogP contribution is 2.17. The van der Waals surface area contributed by atoms with E-state index in [-0.39, 0.29) is 5.91 Å². The lowest BCUT2D eigenvalue weighted by Gasteiger charge is -2.07. The molecule has 0 saturated carbocycles. The lowest BCUT2D eigenvalue weighted by Crippen LogP contribution is -2.07. The van der Waals surface area contributed by atoms with Crippen LogP contribution >= 0.6 is 15.9 Å². The van der Waals surface area contributed by atoms with Gasteiger partial charge in [0.1, 0.15) is 12.4 Å². The molecule has 1 N–H and O–H groups in total. The zero-order valence-corrected chi connectivity index (χ0v) is 12.2. The van der Waals surface area contributed by atoms with E-state index in [0.717, 1.165) is 11.3 Å². The minimum atomic E-state index is -0.361. The maximum absolute atomic E-state index is 11.3. The van der Waals surface area contributed by atoms with E-state index in [1.165, 1.54) is 0 Å². The highest BCUT2D eigenvalue weighted by molar-refractivity contribution is 9.12. The van der Waals surface area contributed by atoms with Crippen LogP contribution < -0.4 is 10.1 Å². The number of benzene rings is 2. The number of nitrogens with one attached hydrogen (secondary N) is 1. The summed E-state index contributed by atoms with van der Waals surface area (Å²) in [6, 6.07) is 17.1. The first-order chi connectivity index (χ1) is 9.78. The van der Waals surface area contributed by atoms with Gasteiger partial charge in [0.05, 0.1) is 0 Å². The average molecular weight is 330 g/mol. The third kappa shape index (κ3) is 4.45. The molecule has 0 saturated heterocycles. The Balaban J connectivity index is 1.91. The van der Waals surface area contributed by atoms with Crippen LogP contribution in [0.4, 0.5) is 5.69 Å². The van der Waals surface area contributed by atoms with E-state index >= 15 is 0 Å². The molecule has 100 valence electrons. The molecule has 0 unspecified atom stereocenters. The van der Waals surface area contributed by atoms with Crippen LogP contribution in [0.25, 0.3) is 0 Å². The topological polar surface area (TPSA) is 38.3 Å². The SMILES string of the molecule is O=C(C#CBr)Nc1ccc(OCc2ccccc2)cc1. The summed E-state index contributed by atoms with van der Waals surface area (Å²) in [6.07, 6.45) is 0. The number of carbonyl (C=O) groups excluding carboxylic acids is 1. The van der Waals surface area contributed by atoms with Crippen LogP contribution in [0.5, 0.6) is 5.75 Å². The van der Waals surface area contributed by atoms with Gasteiger partial charge in [0.15, 0.2) is 0 Å². The van der Waals surface area contributed by atoms with Crippen LogP contribution in [0.15, 0.2) is 54.6 Å². The van der Waals surface area contributed by atoms with Crippen molar-refractivity contribution in [2.24, 2.45) is 0 Å². The Kier molecular flexibility index (Phi) is 5.22. The molecule has 2 aromatic carbocycles. The van der Waals surface area contributed by atoms with E-state index < -0.39 is 0 Å². The van der Waals surface area contributed by atoms with Crippen LogP contribution in [0.2, 0.25) is 0 Å². The van der Waals surface area contributed by atoms with Crippen LogP contribution in [-0.2, 0) is 11.4 Å². The van der Waals surface area contributed by atoms with Crippen molar-refractivity contribution < 1.29 is 9.53 Å². The third-order valence-electron chi connectivity index (χ3n) is 2.52. The van der Waals surface area contributed by atoms with Gasteiger partial charge in [0.2, 0.25) is 0 Å². The van der Waals surface area contributed by atoms with Crippen molar-refractivity contribution in [3.63, 3.8) is 0 Å². The molecule has 0 aliphatic heterocycles. The van der Waals surface area contributed by atoms with Gasteiger partial charge in [-0.1, -0.05) is 30.3 Å². The summed E-state index contributed by atoms with van der Waals surface area (Å²) in [4.78, 5) is 13.6.